The van der Waals surface area contributed by atoms with Crippen molar-refractivity contribution >= 4 is 46.8 Å². The number of unbranched alkanes of at least 4 members (excludes halogenated alkanes) is 2. The number of thioether (sulfide) groups is 1. The van der Waals surface area contributed by atoms with Crippen LogP contribution in [0.5, 0.6) is 0 Å². The fourth-order valence-electron chi connectivity index (χ4n) is 5.56. The third kappa shape index (κ3) is 7.08. The standard InChI is InChI=1S/C32H29Cl2F3N4O2S/c33-21-12-13-26(34)20(16-21)17-38-28(42)27-18-39-30(41-27)44-15-7-1-6-14-31(29(43)40-19-32(35,36)37)24-10-4-2-8-22(24)23-9-3-5-11-25(23)31/h2-5,8-13,16,18H,1,6-7,14-15,17,19H2,(H,38,42)(H,39,41)(H,40,43). The van der Waals surface area contributed by atoms with Crippen LogP contribution in [0.4, 0.5) is 13.2 Å². The SMILES string of the molecule is O=C(NCc1cc(Cl)ccc1Cl)c1cnc(SCCCCCC2(C(=O)NCC(F)(F)F)c3ccccc3-c3ccccc32)[nH]1. The molecule has 0 unspecified atom stereocenters. The predicted octanol–water partition coefficient (Wildman–Crippen LogP) is 7.94. The van der Waals surface area contributed by atoms with Crippen LogP contribution in [0.1, 0.15) is 52.9 Å². The monoisotopic (exact) mass is 660 g/mol. The zero-order valence-electron chi connectivity index (χ0n) is 23.4. The van der Waals surface area contributed by atoms with Crippen molar-refractivity contribution in [2.24, 2.45) is 0 Å². The highest BCUT2D eigenvalue weighted by atomic mass is 35.5. The van der Waals surface area contributed by atoms with Crippen LogP contribution in [-0.2, 0) is 16.8 Å². The number of benzene rings is 3. The van der Waals surface area contributed by atoms with Gasteiger partial charge in [-0.1, -0.05) is 96.3 Å². The van der Waals surface area contributed by atoms with E-state index in [1.165, 1.54) is 18.0 Å². The lowest BCUT2D eigenvalue weighted by Gasteiger charge is -2.31. The number of carbonyl (C=O) groups is 2. The third-order valence-electron chi connectivity index (χ3n) is 7.58. The number of hydrogen-bond donors (Lipinski definition) is 3. The summed E-state index contributed by atoms with van der Waals surface area (Å²) in [5, 5.41) is 6.59. The molecule has 1 aliphatic rings. The molecule has 2 amide bonds. The molecule has 12 heteroatoms. The first-order valence-corrected chi connectivity index (χ1v) is 15.8. The van der Waals surface area contributed by atoms with Crippen LogP contribution in [0.15, 0.2) is 78.1 Å². The Morgan fingerprint density at radius 1 is 0.909 bits per heavy atom. The van der Waals surface area contributed by atoms with Crippen LogP contribution >= 0.6 is 35.0 Å². The number of H-pyrrole nitrogens is 1. The molecule has 0 spiro atoms. The maximum Gasteiger partial charge on any atom is 0.405 e. The number of aromatic amines is 1. The van der Waals surface area contributed by atoms with Crippen molar-refractivity contribution in [1.82, 2.24) is 20.6 Å². The molecule has 0 radical (unpaired) electrons. The lowest BCUT2D eigenvalue weighted by molar-refractivity contribution is -0.141. The van der Waals surface area contributed by atoms with E-state index in [1.54, 1.807) is 18.2 Å². The van der Waals surface area contributed by atoms with E-state index in [2.05, 4.69) is 20.6 Å². The second-order valence-electron chi connectivity index (χ2n) is 10.5. The Morgan fingerprint density at radius 2 is 1.59 bits per heavy atom. The van der Waals surface area contributed by atoms with Crippen molar-refractivity contribution in [2.75, 3.05) is 12.3 Å². The highest BCUT2D eigenvalue weighted by Gasteiger charge is 2.49. The molecule has 0 saturated carbocycles. The molecule has 0 fully saturated rings. The summed E-state index contributed by atoms with van der Waals surface area (Å²) in [5.41, 5.74) is 3.01. The maximum absolute atomic E-state index is 13.6. The summed E-state index contributed by atoms with van der Waals surface area (Å²) in [6, 6.07) is 19.9. The molecular formula is C32H29Cl2F3N4O2S. The number of imidazole rings is 1. The number of halogens is 5. The van der Waals surface area contributed by atoms with Gasteiger partial charge in [0, 0.05) is 22.3 Å². The minimum atomic E-state index is -4.51. The van der Waals surface area contributed by atoms with Crippen molar-refractivity contribution < 1.29 is 22.8 Å². The van der Waals surface area contributed by atoms with Gasteiger partial charge in [0.15, 0.2) is 5.16 Å². The second kappa shape index (κ2) is 13.7. The van der Waals surface area contributed by atoms with Crippen LogP contribution in [-0.4, -0.2) is 40.3 Å². The molecule has 0 atom stereocenters. The lowest BCUT2D eigenvalue weighted by Crippen LogP contribution is -2.47. The number of nitrogens with zero attached hydrogens (tertiary/aromatic N) is 1. The maximum atomic E-state index is 13.6. The van der Waals surface area contributed by atoms with Crippen LogP contribution in [0.25, 0.3) is 11.1 Å². The van der Waals surface area contributed by atoms with Gasteiger partial charge in [-0.3, -0.25) is 9.59 Å². The molecule has 0 aliphatic heterocycles. The Bertz CT molecular complexity index is 1610. The van der Waals surface area contributed by atoms with E-state index < -0.39 is 24.0 Å². The Balaban J connectivity index is 1.17. The van der Waals surface area contributed by atoms with E-state index in [0.29, 0.717) is 45.1 Å². The first-order chi connectivity index (χ1) is 21.1. The van der Waals surface area contributed by atoms with Gasteiger partial charge in [0.25, 0.3) is 5.91 Å². The van der Waals surface area contributed by atoms with E-state index in [-0.39, 0.29) is 12.5 Å². The van der Waals surface area contributed by atoms with Crippen molar-refractivity contribution in [3.63, 3.8) is 0 Å². The third-order valence-corrected chi connectivity index (χ3v) is 9.16. The van der Waals surface area contributed by atoms with Gasteiger partial charge in [0.05, 0.1) is 6.20 Å². The number of amides is 2. The Labute approximate surface area is 267 Å². The minimum Gasteiger partial charge on any atom is -0.347 e. The molecule has 3 N–H and O–H groups in total. The zero-order valence-corrected chi connectivity index (χ0v) is 25.8. The van der Waals surface area contributed by atoms with Crippen LogP contribution in [0, 0.1) is 0 Å². The highest BCUT2D eigenvalue weighted by molar-refractivity contribution is 7.99. The van der Waals surface area contributed by atoms with E-state index in [4.69, 9.17) is 23.2 Å². The largest absolute Gasteiger partial charge is 0.405 e. The quantitative estimate of drug-likeness (QED) is 0.106. The fourth-order valence-corrected chi connectivity index (χ4v) is 6.79. The number of hydrogen-bond acceptors (Lipinski definition) is 4. The van der Waals surface area contributed by atoms with Gasteiger partial charge in [-0.25, -0.2) is 4.98 Å². The molecule has 1 aliphatic carbocycles. The molecule has 3 aromatic carbocycles. The van der Waals surface area contributed by atoms with Crippen molar-refractivity contribution in [1.29, 1.82) is 0 Å². The van der Waals surface area contributed by atoms with Gasteiger partial charge < -0.3 is 15.6 Å². The molecule has 230 valence electrons. The summed E-state index contributed by atoms with van der Waals surface area (Å²) in [6.45, 7) is -1.17. The average Bonchev–Trinajstić information content (AvgIpc) is 3.59. The summed E-state index contributed by atoms with van der Waals surface area (Å²) in [7, 11) is 0. The van der Waals surface area contributed by atoms with Gasteiger partial charge in [-0.2, -0.15) is 13.2 Å². The van der Waals surface area contributed by atoms with Crippen LogP contribution in [0.2, 0.25) is 10.0 Å². The molecule has 0 saturated heterocycles. The first-order valence-electron chi connectivity index (χ1n) is 14.0. The van der Waals surface area contributed by atoms with Gasteiger partial charge in [-0.15, -0.1) is 0 Å². The van der Waals surface area contributed by atoms with Gasteiger partial charge >= 0.3 is 6.18 Å². The van der Waals surface area contributed by atoms with Crippen LogP contribution in [0.3, 0.4) is 0 Å². The van der Waals surface area contributed by atoms with E-state index in [1.807, 2.05) is 48.5 Å². The second-order valence-corrected chi connectivity index (χ2v) is 12.4. The average molecular weight is 662 g/mol. The Morgan fingerprint density at radius 3 is 2.27 bits per heavy atom. The van der Waals surface area contributed by atoms with Gasteiger partial charge in [-0.05, 0) is 58.9 Å². The normalized spacial score (nSPS) is 13.3. The number of aromatic nitrogens is 2. The molecule has 44 heavy (non-hydrogen) atoms. The topological polar surface area (TPSA) is 86.9 Å². The summed E-state index contributed by atoms with van der Waals surface area (Å²) >= 11 is 13.6. The molecule has 1 aromatic heterocycles. The summed E-state index contributed by atoms with van der Waals surface area (Å²) in [6.07, 6.45) is -0.515. The molecule has 1 heterocycles. The van der Waals surface area contributed by atoms with Crippen molar-refractivity contribution in [3.8, 4) is 11.1 Å². The number of rotatable bonds is 12. The van der Waals surface area contributed by atoms with Gasteiger partial charge in [0.1, 0.15) is 17.7 Å². The number of carbonyl (C=O) groups excluding carboxylic acids is 2. The Kier molecular flexibility index (Phi) is 9.92. The zero-order chi connectivity index (χ0) is 31.3. The highest BCUT2D eigenvalue weighted by Crippen LogP contribution is 2.51. The molecule has 6 nitrogen and oxygen atoms in total. The van der Waals surface area contributed by atoms with E-state index in [9.17, 15) is 22.8 Å². The Hall–Kier alpha value is -3.47. The lowest BCUT2D eigenvalue weighted by atomic mass is 9.73. The number of nitrogens with one attached hydrogen (secondary N) is 3. The summed E-state index contributed by atoms with van der Waals surface area (Å²) < 4.78 is 39.2. The predicted molar refractivity (Wildman–Crippen MR) is 167 cm³/mol. The number of alkyl halides is 3. The van der Waals surface area contributed by atoms with Crippen LogP contribution < -0.4 is 10.6 Å². The first kappa shape index (κ1) is 31.9. The molecular weight excluding hydrogens is 632 g/mol. The van der Waals surface area contributed by atoms with Crippen molar-refractivity contribution in [2.45, 2.75) is 49.0 Å². The van der Waals surface area contributed by atoms with Gasteiger partial charge in [0.2, 0.25) is 5.91 Å². The summed E-state index contributed by atoms with van der Waals surface area (Å²) in [4.78, 5) is 33.5. The summed E-state index contributed by atoms with van der Waals surface area (Å²) in [5.74, 6) is -0.264. The molecule has 0 bridgehead atoms. The smallest absolute Gasteiger partial charge is 0.347 e. The fraction of sp³-hybridized carbons (Fsp3) is 0.281. The van der Waals surface area contributed by atoms with E-state index in [0.717, 1.165) is 35.1 Å². The number of fused-ring (bicyclic) bond motifs is 3. The minimum absolute atomic E-state index is 0.213. The van der Waals surface area contributed by atoms with Crippen molar-refractivity contribution in [3.05, 3.63) is 105 Å². The molecule has 5 rings (SSSR count). The molecule has 4 aromatic rings. The van der Waals surface area contributed by atoms with E-state index >= 15 is 0 Å².